The third-order valence-electron chi connectivity index (χ3n) is 2.52. The Kier molecular flexibility index (Phi) is 2.54. The molecule has 5 heteroatoms. The van der Waals surface area contributed by atoms with Crippen molar-refractivity contribution in [2.24, 2.45) is 0 Å². The zero-order valence-corrected chi connectivity index (χ0v) is 7.90. The lowest BCUT2D eigenvalue weighted by Crippen LogP contribution is -2.30. The van der Waals surface area contributed by atoms with Crippen LogP contribution in [0.1, 0.15) is 31.5 Å². The number of piperidine rings is 1. The third-order valence-corrected chi connectivity index (χ3v) is 2.52. The number of aromatic nitrogens is 4. The summed E-state index contributed by atoms with van der Waals surface area (Å²) in [4.78, 5) is 0. The van der Waals surface area contributed by atoms with Crippen molar-refractivity contribution in [2.45, 2.75) is 32.2 Å². The summed E-state index contributed by atoms with van der Waals surface area (Å²) >= 11 is 0. The first-order chi connectivity index (χ1) is 6.42. The van der Waals surface area contributed by atoms with Crippen LogP contribution in [0.25, 0.3) is 0 Å². The maximum atomic E-state index is 4.07. The fourth-order valence-corrected chi connectivity index (χ4v) is 1.80. The van der Waals surface area contributed by atoms with Gasteiger partial charge in [0.05, 0.1) is 0 Å². The van der Waals surface area contributed by atoms with Crippen LogP contribution >= 0.6 is 0 Å². The quantitative estimate of drug-likeness (QED) is 0.706. The van der Waals surface area contributed by atoms with E-state index in [4.69, 9.17) is 0 Å². The van der Waals surface area contributed by atoms with Gasteiger partial charge in [0.15, 0.2) is 5.82 Å². The van der Waals surface area contributed by atoms with E-state index in [0.29, 0.717) is 5.92 Å². The van der Waals surface area contributed by atoms with Crippen molar-refractivity contribution in [3.63, 3.8) is 0 Å². The van der Waals surface area contributed by atoms with E-state index < -0.39 is 0 Å². The van der Waals surface area contributed by atoms with Gasteiger partial charge in [-0.15, -0.1) is 5.10 Å². The van der Waals surface area contributed by atoms with Gasteiger partial charge in [-0.3, -0.25) is 0 Å². The number of hydrogen-bond acceptors (Lipinski definition) is 4. The molecule has 13 heavy (non-hydrogen) atoms. The van der Waals surface area contributed by atoms with E-state index in [1.807, 2.05) is 4.68 Å². The highest BCUT2D eigenvalue weighted by Gasteiger charge is 2.20. The Morgan fingerprint density at radius 3 is 3.23 bits per heavy atom. The Labute approximate surface area is 77.5 Å². The lowest BCUT2D eigenvalue weighted by Gasteiger charge is -2.21. The van der Waals surface area contributed by atoms with Crippen molar-refractivity contribution in [1.29, 1.82) is 0 Å². The minimum absolute atomic E-state index is 0.503. The molecule has 1 unspecified atom stereocenters. The van der Waals surface area contributed by atoms with Crippen molar-refractivity contribution in [2.75, 3.05) is 13.1 Å². The van der Waals surface area contributed by atoms with Gasteiger partial charge < -0.3 is 5.32 Å². The van der Waals surface area contributed by atoms with Crippen LogP contribution in [0.2, 0.25) is 0 Å². The van der Waals surface area contributed by atoms with Gasteiger partial charge in [0, 0.05) is 19.0 Å². The van der Waals surface area contributed by atoms with Gasteiger partial charge in [0.2, 0.25) is 0 Å². The summed E-state index contributed by atoms with van der Waals surface area (Å²) in [5, 5.41) is 15.1. The molecule has 2 rings (SSSR count). The molecule has 72 valence electrons. The lowest BCUT2D eigenvalue weighted by molar-refractivity contribution is 0.426. The first kappa shape index (κ1) is 8.62. The van der Waals surface area contributed by atoms with Gasteiger partial charge in [-0.25, -0.2) is 4.68 Å². The number of nitrogens with zero attached hydrogens (tertiary/aromatic N) is 4. The van der Waals surface area contributed by atoms with Crippen LogP contribution in [-0.4, -0.2) is 33.3 Å². The maximum Gasteiger partial charge on any atom is 0.155 e. The molecule has 1 aromatic rings. The Morgan fingerprint density at radius 1 is 1.62 bits per heavy atom. The van der Waals surface area contributed by atoms with Gasteiger partial charge in [0.1, 0.15) is 0 Å². The molecule has 1 fully saturated rings. The topological polar surface area (TPSA) is 55.6 Å². The molecule has 1 aliphatic heterocycles. The summed E-state index contributed by atoms with van der Waals surface area (Å²) in [6.07, 6.45) is 2.43. The summed E-state index contributed by atoms with van der Waals surface area (Å²) < 4.78 is 1.89. The van der Waals surface area contributed by atoms with Crippen molar-refractivity contribution in [3.8, 4) is 0 Å². The third kappa shape index (κ3) is 1.70. The molecular formula is C8H15N5. The van der Waals surface area contributed by atoms with Crippen molar-refractivity contribution < 1.29 is 0 Å². The molecule has 0 spiro atoms. The normalized spacial score (nSPS) is 23.3. The van der Waals surface area contributed by atoms with Crippen LogP contribution in [0.15, 0.2) is 0 Å². The Balaban J connectivity index is 2.13. The molecule has 0 bridgehead atoms. The zero-order valence-electron chi connectivity index (χ0n) is 7.90. The maximum absolute atomic E-state index is 4.07. The number of tetrazole rings is 1. The zero-order chi connectivity index (χ0) is 9.10. The number of nitrogens with one attached hydrogen (secondary N) is 1. The largest absolute Gasteiger partial charge is 0.316 e. The van der Waals surface area contributed by atoms with Gasteiger partial charge in [0.25, 0.3) is 0 Å². The second-order valence-corrected chi connectivity index (χ2v) is 3.40. The Hall–Kier alpha value is -0.970. The van der Waals surface area contributed by atoms with E-state index >= 15 is 0 Å². The second kappa shape index (κ2) is 3.83. The highest BCUT2D eigenvalue weighted by molar-refractivity contribution is 4.96. The Morgan fingerprint density at radius 2 is 2.54 bits per heavy atom. The molecule has 0 amide bonds. The van der Waals surface area contributed by atoms with E-state index in [-0.39, 0.29) is 0 Å². The minimum atomic E-state index is 0.503. The standard InChI is InChI=1S/C8H15N5/c1-2-13-8(10-11-12-13)7-4-3-5-9-6-7/h7,9H,2-6H2,1H3. The highest BCUT2D eigenvalue weighted by atomic mass is 15.5. The van der Waals surface area contributed by atoms with Gasteiger partial charge in [-0.1, -0.05) is 0 Å². The van der Waals surface area contributed by atoms with Crippen molar-refractivity contribution >= 4 is 0 Å². The number of aryl methyl sites for hydroxylation is 1. The van der Waals surface area contributed by atoms with Crippen LogP contribution < -0.4 is 5.32 Å². The second-order valence-electron chi connectivity index (χ2n) is 3.40. The van der Waals surface area contributed by atoms with E-state index in [0.717, 1.165) is 25.5 Å². The van der Waals surface area contributed by atoms with E-state index in [9.17, 15) is 0 Å². The van der Waals surface area contributed by atoms with Crippen LogP contribution in [0.4, 0.5) is 0 Å². The molecule has 5 nitrogen and oxygen atoms in total. The fourth-order valence-electron chi connectivity index (χ4n) is 1.80. The molecule has 1 aliphatic rings. The average Bonchev–Trinajstić information content (AvgIpc) is 2.67. The van der Waals surface area contributed by atoms with Crippen molar-refractivity contribution in [1.82, 2.24) is 25.5 Å². The minimum Gasteiger partial charge on any atom is -0.316 e. The molecule has 1 aromatic heterocycles. The molecule has 1 saturated heterocycles. The molecule has 0 aromatic carbocycles. The van der Waals surface area contributed by atoms with E-state index in [1.54, 1.807) is 0 Å². The first-order valence-corrected chi connectivity index (χ1v) is 4.88. The monoisotopic (exact) mass is 181 g/mol. The number of rotatable bonds is 2. The summed E-state index contributed by atoms with van der Waals surface area (Å²) in [6.45, 7) is 5.07. The van der Waals surface area contributed by atoms with Crippen LogP contribution in [0, 0.1) is 0 Å². The molecule has 0 aliphatic carbocycles. The summed E-state index contributed by atoms with van der Waals surface area (Å²) in [5.74, 6) is 1.54. The van der Waals surface area contributed by atoms with Gasteiger partial charge in [-0.2, -0.15) is 0 Å². The lowest BCUT2D eigenvalue weighted by atomic mass is 9.99. The smallest absolute Gasteiger partial charge is 0.155 e. The van der Waals surface area contributed by atoms with Gasteiger partial charge in [-0.05, 0) is 36.7 Å². The van der Waals surface area contributed by atoms with E-state index in [1.165, 1.54) is 12.8 Å². The van der Waals surface area contributed by atoms with E-state index in [2.05, 4.69) is 27.8 Å². The number of hydrogen-bond donors (Lipinski definition) is 1. The SMILES string of the molecule is CCn1nnnc1C1CCCNC1. The molecule has 0 saturated carbocycles. The van der Waals surface area contributed by atoms with Crippen LogP contribution in [0.5, 0.6) is 0 Å². The first-order valence-electron chi connectivity index (χ1n) is 4.88. The van der Waals surface area contributed by atoms with Crippen LogP contribution in [-0.2, 0) is 6.54 Å². The van der Waals surface area contributed by atoms with Gasteiger partial charge >= 0.3 is 0 Å². The Bertz CT molecular complexity index is 263. The molecule has 2 heterocycles. The van der Waals surface area contributed by atoms with Crippen molar-refractivity contribution in [3.05, 3.63) is 5.82 Å². The molecule has 1 N–H and O–H groups in total. The average molecular weight is 181 g/mol. The summed E-state index contributed by atoms with van der Waals surface area (Å²) in [6, 6.07) is 0. The molecular weight excluding hydrogens is 166 g/mol. The molecule has 0 radical (unpaired) electrons. The molecule has 1 atom stereocenters. The predicted molar refractivity (Wildman–Crippen MR) is 48.3 cm³/mol. The summed E-state index contributed by atoms with van der Waals surface area (Å²) in [7, 11) is 0. The fraction of sp³-hybridized carbons (Fsp3) is 0.875. The highest BCUT2D eigenvalue weighted by Crippen LogP contribution is 2.19. The predicted octanol–water partition coefficient (Wildman–Crippen LogP) is 0.160. The van der Waals surface area contributed by atoms with Crippen LogP contribution in [0.3, 0.4) is 0 Å². The summed E-state index contributed by atoms with van der Waals surface area (Å²) in [5.41, 5.74) is 0.